The summed E-state index contributed by atoms with van der Waals surface area (Å²) in [4.78, 5) is 0. The minimum Gasteiger partial charge on any atom is -0.384 e. The van der Waals surface area contributed by atoms with Crippen LogP contribution >= 0.6 is 15.9 Å². The number of benzene rings is 1. The van der Waals surface area contributed by atoms with Gasteiger partial charge < -0.3 is 10.2 Å². The first kappa shape index (κ1) is 11.1. The van der Waals surface area contributed by atoms with Crippen LogP contribution in [0.5, 0.6) is 0 Å². The van der Waals surface area contributed by atoms with Gasteiger partial charge in [0.1, 0.15) is 11.9 Å². The van der Waals surface area contributed by atoms with Gasteiger partial charge in [0.2, 0.25) is 0 Å². The second-order valence-electron chi connectivity index (χ2n) is 2.66. The maximum atomic E-state index is 13.3. The number of aliphatic hydroxyl groups is 2. The summed E-state index contributed by atoms with van der Waals surface area (Å²) in [6, 6.07) is 5.72. The molecule has 0 saturated carbocycles. The fraction of sp³-hybridized carbons (Fsp3) is 0.222. The Morgan fingerprint density at radius 1 is 1.43 bits per heavy atom. The van der Waals surface area contributed by atoms with E-state index in [1.165, 1.54) is 24.3 Å². The van der Waals surface area contributed by atoms with Gasteiger partial charge in [0.25, 0.3) is 0 Å². The van der Waals surface area contributed by atoms with Crippen molar-refractivity contribution in [1.29, 1.82) is 5.26 Å². The Morgan fingerprint density at radius 3 is 2.64 bits per heavy atom. The predicted molar refractivity (Wildman–Crippen MR) is 50.7 cm³/mol. The van der Waals surface area contributed by atoms with Gasteiger partial charge in [0, 0.05) is 5.56 Å². The molecule has 0 aliphatic rings. The molecule has 0 aliphatic heterocycles. The standard InChI is InChI=1S/C9H7BrFNO2/c10-6-3-1-2-5(8(6)11)9(14)7(13)4-12/h1-3,7,9,13-14H. The normalized spacial score (nSPS) is 14.5. The molecule has 0 saturated heterocycles. The van der Waals surface area contributed by atoms with Crippen LogP contribution in [-0.4, -0.2) is 16.3 Å². The molecule has 0 radical (unpaired) electrons. The van der Waals surface area contributed by atoms with Gasteiger partial charge in [-0.25, -0.2) is 4.39 Å². The fourth-order valence-corrected chi connectivity index (χ4v) is 1.37. The maximum absolute atomic E-state index is 13.3. The summed E-state index contributed by atoms with van der Waals surface area (Å²) in [6.07, 6.45) is -3.16. The molecule has 0 heterocycles. The van der Waals surface area contributed by atoms with Crippen molar-refractivity contribution >= 4 is 15.9 Å². The Balaban J connectivity index is 3.08. The Kier molecular flexibility index (Phi) is 3.58. The zero-order valence-electron chi connectivity index (χ0n) is 6.98. The van der Waals surface area contributed by atoms with Gasteiger partial charge in [0.05, 0.1) is 10.5 Å². The van der Waals surface area contributed by atoms with Crippen LogP contribution in [0.25, 0.3) is 0 Å². The molecule has 2 atom stereocenters. The van der Waals surface area contributed by atoms with Gasteiger partial charge in [-0.1, -0.05) is 12.1 Å². The number of hydrogen-bond acceptors (Lipinski definition) is 3. The molecule has 0 aliphatic carbocycles. The van der Waals surface area contributed by atoms with E-state index in [0.29, 0.717) is 0 Å². The topological polar surface area (TPSA) is 64.2 Å². The molecular formula is C9H7BrFNO2. The third kappa shape index (κ3) is 2.10. The lowest BCUT2D eigenvalue weighted by atomic mass is 10.0. The number of aliphatic hydroxyl groups excluding tert-OH is 2. The highest BCUT2D eigenvalue weighted by Crippen LogP contribution is 2.25. The third-order valence-corrected chi connectivity index (χ3v) is 2.34. The first-order valence-corrected chi connectivity index (χ1v) is 4.57. The molecule has 1 rings (SSSR count). The summed E-state index contributed by atoms with van der Waals surface area (Å²) in [5.41, 5.74) is -0.103. The van der Waals surface area contributed by atoms with E-state index in [2.05, 4.69) is 15.9 Å². The zero-order valence-corrected chi connectivity index (χ0v) is 8.57. The van der Waals surface area contributed by atoms with Crippen molar-refractivity contribution in [3.05, 3.63) is 34.1 Å². The van der Waals surface area contributed by atoms with Gasteiger partial charge in [-0.2, -0.15) is 5.26 Å². The van der Waals surface area contributed by atoms with Gasteiger partial charge >= 0.3 is 0 Å². The third-order valence-electron chi connectivity index (χ3n) is 1.73. The molecule has 2 N–H and O–H groups in total. The quantitative estimate of drug-likeness (QED) is 0.792. The average Bonchev–Trinajstić information content (AvgIpc) is 2.20. The number of nitrogens with zero attached hydrogens (tertiary/aromatic N) is 1. The van der Waals surface area contributed by atoms with Crippen LogP contribution in [-0.2, 0) is 0 Å². The first-order valence-electron chi connectivity index (χ1n) is 3.77. The minimum absolute atomic E-state index is 0.103. The van der Waals surface area contributed by atoms with Crippen molar-refractivity contribution in [2.75, 3.05) is 0 Å². The average molecular weight is 260 g/mol. The van der Waals surface area contributed by atoms with Crippen LogP contribution in [0.4, 0.5) is 4.39 Å². The molecule has 2 unspecified atom stereocenters. The van der Waals surface area contributed by atoms with E-state index in [4.69, 9.17) is 10.4 Å². The molecular weight excluding hydrogens is 253 g/mol. The summed E-state index contributed by atoms with van der Waals surface area (Å²) in [7, 11) is 0. The molecule has 0 fully saturated rings. The highest BCUT2D eigenvalue weighted by atomic mass is 79.9. The zero-order chi connectivity index (χ0) is 10.7. The monoisotopic (exact) mass is 259 g/mol. The van der Waals surface area contributed by atoms with Crippen LogP contribution in [0, 0.1) is 17.1 Å². The minimum atomic E-state index is -1.63. The summed E-state index contributed by atoms with van der Waals surface area (Å²) in [5, 5.41) is 26.7. The molecule has 0 spiro atoms. The summed E-state index contributed by atoms with van der Waals surface area (Å²) >= 11 is 2.93. The number of rotatable bonds is 2. The Hall–Kier alpha value is -0.960. The van der Waals surface area contributed by atoms with E-state index in [-0.39, 0.29) is 10.0 Å². The van der Waals surface area contributed by atoms with Crippen LogP contribution in [0.1, 0.15) is 11.7 Å². The molecule has 0 bridgehead atoms. The predicted octanol–water partition coefficient (Wildman–Crippen LogP) is 1.51. The van der Waals surface area contributed by atoms with Gasteiger partial charge in [-0.3, -0.25) is 0 Å². The number of hydrogen-bond donors (Lipinski definition) is 2. The Bertz CT molecular complexity index is 378. The summed E-state index contributed by atoms with van der Waals surface area (Å²) < 4.78 is 13.5. The van der Waals surface area contributed by atoms with Crippen molar-refractivity contribution in [3.63, 3.8) is 0 Å². The van der Waals surface area contributed by atoms with Gasteiger partial charge in [0.15, 0.2) is 6.10 Å². The highest BCUT2D eigenvalue weighted by molar-refractivity contribution is 9.10. The first-order chi connectivity index (χ1) is 6.57. The molecule has 5 heteroatoms. The second-order valence-corrected chi connectivity index (χ2v) is 3.52. The molecule has 3 nitrogen and oxygen atoms in total. The van der Waals surface area contributed by atoms with E-state index in [1.807, 2.05) is 0 Å². The van der Waals surface area contributed by atoms with E-state index in [9.17, 15) is 9.50 Å². The molecule has 0 aromatic heterocycles. The van der Waals surface area contributed by atoms with Crippen molar-refractivity contribution < 1.29 is 14.6 Å². The Labute approximate surface area is 88.5 Å². The summed E-state index contributed by atoms with van der Waals surface area (Å²) in [5.74, 6) is -0.672. The van der Waals surface area contributed by atoms with E-state index in [0.717, 1.165) is 0 Å². The fourth-order valence-electron chi connectivity index (χ4n) is 0.990. The molecule has 1 aromatic rings. The molecule has 0 amide bonds. The van der Waals surface area contributed by atoms with Gasteiger partial charge in [-0.05, 0) is 22.0 Å². The van der Waals surface area contributed by atoms with Crippen LogP contribution < -0.4 is 0 Å². The number of halogens is 2. The van der Waals surface area contributed by atoms with Crippen LogP contribution in [0.3, 0.4) is 0 Å². The summed E-state index contributed by atoms with van der Waals surface area (Å²) in [6.45, 7) is 0. The lowest BCUT2D eigenvalue weighted by Crippen LogP contribution is -2.17. The molecule has 74 valence electrons. The molecule has 1 aromatic carbocycles. The van der Waals surface area contributed by atoms with Crippen LogP contribution in [0.2, 0.25) is 0 Å². The van der Waals surface area contributed by atoms with Crippen molar-refractivity contribution in [2.24, 2.45) is 0 Å². The van der Waals surface area contributed by atoms with E-state index >= 15 is 0 Å². The largest absolute Gasteiger partial charge is 0.384 e. The van der Waals surface area contributed by atoms with Crippen molar-refractivity contribution in [2.45, 2.75) is 12.2 Å². The Morgan fingerprint density at radius 2 is 2.07 bits per heavy atom. The highest BCUT2D eigenvalue weighted by Gasteiger charge is 2.21. The lowest BCUT2D eigenvalue weighted by Gasteiger charge is -2.13. The smallest absolute Gasteiger partial charge is 0.170 e. The SMILES string of the molecule is N#CC(O)C(O)c1cccc(Br)c1F. The second kappa shape index (κ2) is 4.51. The van der Waals surface area contributed by atoms with Crippen LogP contribution in [0.15, 0.2) is 22.7 Å². The number of nitriles is 1. The molecule has 14 heavy (non-hydrogen) atoms. The lowest BCUT2D eigenvalue weighted by molar-refractivity contribution is 0.0502. The van der Waals surface area contributed by atoms with Crippen molar-refractivity contribution in [3.8, 4) is 6.07 Å². The van der Waals surface area contributed by atoms with Gasteiger partial charge in [-0.15, -0.1) is 0 Å². The van der Waals surface area contributed by atoms with E-state index in [1.54, 1.807) is 0 Å². The van der Waals surface area contributed by atoms with Crippen molar-refractivity contribution in [1.82, 2.24) is 0 Å². The van der Waals surface area contributed by atoms with E-state index < -0.39 is 18.0 Å². The maximum Gasteiger partial charge on any atom is 0.170 e.